The Morgan fingerprint density at radius 2 is 2.00 bits per heavy atom. The average Bonchev–Trinajstić information content (AvgIpc) is 2.46. The number of alkyl carbamates (subject to hydrolysis) is 1. The van der Waals surface area contributed by atoms with Gasteiger partial charge in [-0.15, -0.1) is 0 Å². The van der Waals surface area contributed by atoms with Gasteiger partial charge in [0.05, 0.1) is 11.7 Å². The van der Waals surface area contributed by atoms with Crippen molar-refractivity contribution in [2.75, 3.05) is 0 Å². The first-order valence-electron chi connectivity index (χ1n) is 6.25. The fraction of sp³-hybridized carbons (Fsp3) is 0.200. The van der Waals surface area contributed by atoms with Gasteiger partial charge >= 0.3 is 6.09 Å². The smallest absolute Gasteiger partial charge is 0.407 e. The second-order valence-electron chi connectivity index (χ2n) is 4.31. The van der Waals surface area contributed by atoms with Gasteiger partial charge in [0.25, 0.3) is 0 Å². The van der Waals surface area contributed by atoms with Crippen molar-refractivity contribution in [1.82, 2.24) is 10.3 Å². The highest BCUT2D eigenvalue weighted by atomic mass is 35.5. The SMILES string of the molecule is CC(NC(=O)OCc1ccccc1)c1cccc(Cl)n1. The molecule has 1 N–H and O–H groups in total. The van der Waals surface area contributed by atoms with E-state index < -0.39 is 6.09 Å². The molecule has 2 rings (SSSR count). The molecule has 0 saturated heterocycles. The second kappa shape index (κ2) is 6.91. The van der Waals surface area contributed by atoms with Gasteiger partial charge in [-0.25, -0.2) is 9.78 Å². The van der Waals surface area contributed by atoms with Crippen LogP contribution in [0.25, 0.3) is 0 Å². The van der Waals surface area contributed by atoms with Crippen molar-refractivity contribution < 1.29 is 9.53 Å². The quantitative estimate of drug-likeness (QED) is 0.873. The molecule has 1 aromatic carbocycles. The van der Waals surface area contributed by atoms with Crippen LogP contribution in [0.4, 0.5) is 4.79 Å². The van der Waals surface area contributed by atoms with E-state index in [1.165, 1.54) is 0 Å². The van der Waals surface area contributed by atoms with Gasteiger partial charge in [-0.3, -0.25) is 0 Å². The molecule has 0 aliphatic carbocycles. The lowest BCUT2D eigenvalue weighted by atomic mass is 10.2. The summed E-state index contributed by atoms with van der Waals surface area (Å²) in [5.41, 5.74) is 1.63. The lowest BCUT2D eigenvalue weighted by molar-refractivity contribution is 0.136. The number of benzene rings is 1. The largest absolute Gasteiger partial charge is 0.445 e. The number of hydrogen-bond acceptors (Lipinski definition) is 3. The van der Waals surface area contributed by atoms with Gasteiger partial charge in [0.15, 0.2) is 0 Å². The van der Waals surface area contributed by atoms with Crippen LogP contribution in [0.2, 0.25) is 5.15 Å². The Morgan fingerprint density at radius 3 is 2.70 bits per heavy atom. The van der Waals surface area contributed by atoms with E-state index in [1.807, 2.05) is 37.3 Å². The number of halogens is 1. The van der Waals surface area contributed by atoms with E-state index in [4.69, 9.17) is 16.3 Å². The number of pyridine rings is 1. The number of nitrogens with one attached hydrogen (secondary N) is 1. The van der Waals surface area contributed by atoms with Gasteiger partial charge in [-0.2, -0.15) is 0 Å². The molecule has 1 atom stereocenters. The van der Waals surface area contributed by atoms with Crippen LogP contribution in [-0.2, 0) is 11.3 Å². The monoisotopic (exact) mass is 290 g/mol. The lowest BCUT2D eigenvalue weighted by Crippen LogP contribution is -2.27. The summed E-state index contributed by atoms with van der Waals surface area (Å²) < 4.78 is 5.14. The van der Waals surface area contributed by atoms with Crippen molar-refractivity contribution in [3.63, 3.8) is 0 Å². The zero-order chi connectivity index (χ0) is 14.4. The molecular formula is C15H15ClN2O2. The van der Waals surface area contributed by atoms with Crippen molar-refractivity contribution in [3.05, 3.63) is 64.9 Å². The summed E-state index contributed by atoms with van der Waals surface area (Å²) in [6.07, 6.45) is -0.483. The molecule has 5 heteroatoms. The Morgan fingerprint density at radius 1 is 1.25 bits per heavy atom. The number of aromatic nitrogens is 1. The minimum atomic E-state index is -0.483. The van der Waals surface area contributed by atoms with Crippen molar-refractivity contribution in [2.45, 2.75) is 19.6 Å². The zero-order valence-corrected chi connectivity index (χ0v) is 11.8. The third kappa shape index (κ3) is 4.24. The van der Waals surface area contributed by atoms with Crippen LogP contribution in [0.5, 0.6) is 0 Å². The van der Waals surface area contributed by atoms with E-state index in [0.29, 0.717) is 10.8 Å². The van der Waals surface area contributed by atoms with E-state index in [0.717, 1.165) is 5.56 Å². The van der Waals surface area contributed by atoms with Crippen LogP contribution in [0, 0.1) is 0 Å². The molecule has 104 valence electrons. The number of hydrogen-bond donors (Lipinski definition) is 1. The maximum Gasteiger partial charge on any atom is 0.407 e. The summed E-state index contributed by atoms with van der Waals surface area (Å²) in [4.78, 5) is 15.8. The van der Waals surface area contributed by atoms with Crippen LogP contribution in [0.1, 0.15) is 24.2 Å². The number of ether oxygens (including phenoxy) is 1. The summed E-state index contributed by atoms with van der Waals surface area (Å²) in [6, 6.07) is 14.5. The first-order chi connectivity index (χ1) is 9.65. The van der Waals surface area contributed by atoms with Crippen molar-refractivity contribution in [2.24, 2.45) is 0 Å². The molecule has 0 spiro atoms. The highest BCUT2D eigenvalue weighted by molar-refractivity contribution is 6.29. The standard InChI is InChI=1S/C15H15ClN2O2/c1-11(13-8-5-9-14(16)18-13)17-15(19)20-10-12-6-3-2-4-7-12/h2-9,11H,10H2,1H3,(H,17,19). The predicted octanol–water partition coefficient (Wildman–Crippen LogP) is 3.72. The Labute approximate surface area is 122 Å². The molecule has 0 aliphatic rings. The second-order valence-corrected chi connectivity index (χ2v) is 4.70. The minimum Gasteiger partial charge on any atom is -0.445 e. The molecule has 20 heavy (non-hydrogen) atoms. The van der Waals surface area contributed by atoms with Gasteiger partial charge in [-0.05, 0) is 24.6 Å². The lowest BCUT2D eigenvalue weighted by Gasteiger charge is -2.13. The van der Waals surface area contributed by atoms with Gasteiger partial charge in [0.2, 0.25) is 0 Å². The summed E-state index contributed by atoms with van der Waals surface area (Å²) in [7, 11) is 0. The number of carbonyl (C=O) groups is 1. The van der Waals surface area contributed by atoms with Crippen LogP contribution in [-0.4, -0.2) is 11.1 Å². The molecule has 1 heterocycles. The molecule has 0 radical (unpaired) electrons. The molecular weight excluding hydrogens is 276 g/mol. The van der Waals surface area contributed by atoms with E-state index in [-0.39, 0.29) is 12.6 Å². The predicted molar refractivity (Wildman–Crippen MR) is 77.4 cm³/mol. The van der Waals surface area contributed by atoms with E-state index >= 15 is 0 Å². The van der Waals surface area contributed by atoms with E-state index in [2.05, 4.69) is 10.3 Å². The first kappa shape index (κ1) is 14.3. The van der Waals surface area contributed by atoms with Crippen molar-refractivity contribution in [3.8, 4) is 0 Å². The summed E-state index contributed by atoms with van der Waals surface area (Å²) in [5, 5.41) is 3.11. The molecule has 1 unspecified atom stereocenters. The molecule has 4 nitrogen and oxygen atoms in total. The summed E-state index contributed by atoms with van der Waals surface area (Å²) >= 11 is 5.81. The Balaban J connectivity index is 1.85. The Hall–Kier alpha value is -2.07. The highest BCUT2D eigenvalue weighted by Crippen LogP contribution is 2.13. The average molecular weight is 291 g/mol. The molecule has 1 aromatic heterocycles. The van der Waals surface area contributed by atoms with Gasteiger partial charge in [0.1, 0.15) is 11.8 Å². The van der Waals surface area contributed by atoms with Crippen LogP contribution in [0.15, 0.2) is 48.5 Å². The third-order valence-corrected chi connectivity index (χ3v) is 2.94. The fourth-order valence-corrected chi connectivity index (χ4v) is 1.85. The number of nitrogens with zero attached hydrogens (tertiary/aromatic N) is 1. The molecule has 0 fully saturated rings. The zero-order valence-electron chi connectivity index (χ0n) is 11.0. The Bertz CT molecular complexity index is 575. The molecule has 0 aliphatic heterocycles. The van der Waals surface area contributed by atoms with Crippen LogP contribution in [0.3, 0.4) is 0 Å². The fourth-order valence-electron chi connectivity index (χ4n) is 1.68. The molecule has 0 saturated carbocycles. The third-order valence-electron chi connectivity index (χ3n) is 2.73. The van der Waals surface area contributed by atoms with Gasteiger partial charge < -0.3 is 10.1 Å². The van der Waals surface area contributed by atoms with Crippen molar-refractivity contribution in [1.29, 1.82) is 0 Å². The highest BCUT2D eigenvalue weighted by Gasteiger charge is 2.11. The molecule has 2 aromatic rings. The van der Waals surface area contributed by atoms with E-state index in [9.17, 15) is 4.79 Å². The number of rotatable bonds is 4. The van der Waals surface area contributed by atoms with Crippen molar-refractivity contribution >= 4 is 17.7 Å². The van der Waals surface area contributed by atoms with Gasteiger partial charge in [-0.1, -0.05) is 48.0 Å². The van der Waals surface area contributed by atoms with Crippen LogP contribution >= 0.6 is 11.6 Å². The minimum absolute atomic E-state index is 0.238. The number of carbonyl (C=O) groups excluding carboxylic acids is 1. The van der Waals surface area contributed by atoms with E-state index in [1.54, 1.807) is 18.2 Å². The maximum atomic E-state index is 11.7. The molecule has 1 amide bonds. The molecule has 0 bridgehead atoms. The topological polar surface area (TPSA) is 51.2 Å². The summed E-state index contributed by atoms with van der Waals surface area (Å²) in [5.74, 6) is 0. The Kier molecular flexibility index (Phi) is 4.96. The maximum absolute atomic E-state index is 11.7. The first-order valence-corrected chi connectivity index (χ1v) is 6.62. The van der Waals surface area contributed by atoms with Crippen LogP contribution < -0.4 is 5.32 Å². The van der Waals surface area contributed by atoms with Gasteiger partial charge in [0, 0.05) is 0 Å². The summed E-state index contributed by atoms with van der Waals surface area (Å²) in [6.45, 7) is 2.06. The normalized spacial score (nSPS) is 11.7. The number of amides is 1.